The van der Waals surface area contributed by atoms with E-state index in [0.29, 0.717) is 22.8 Å². The van der Waals surface area contributed by atoms with Crippen LogP contribution in [0.4, 0.5) is 10.2 Å². The highest BCUT2D eigenvalue weighted by molar-refractivity contribution is 5.80. The number of benzene rings is 1. The topological polar surface area (TPSA) is 88.1 Å². The molecule has 0 saturated carbocycles. The second-order valence-electron chi connectivity index (χ2n) is 8.00. The molecule has 4 rings (SSSR count). The van der Waals surface area contributed by atoms with Crippen LogP contribution in [0.25, 0.3) is 16.8 Å². The maximum absolute atomic E-state index is 14.3. The van der Waals surface area contributed by atoms with Crippen molar-refractivity contribution in [2.45, 2.75) is 32.7 Å². The molecule has 3 heterocycles. The fraction of sp³-hybridized carbons (Fsp3) is 0.250. The SMILES string of the molecule is COc1cccc(F)c1CNc1ccc(-c2ccc(C(C)(C)C#N)nc2C)c2nncn12. The Morgan fingerprint density at radius 1 is 1.16 bits per heavy atom. The molecule has 0 amide bonds. The number of aromatic nitrogens is 4. The number of nitriles is 1. The van der Waals surface area contributed by atoms with Crippen molar-refractivity contribution in [1.29, 1.82) is 5.26 Å². The second kappa shape index (κ2) is 8.27. The molecule has 0 bridgehead atoms. The number of fused-ring (bicyclic) bond motifs is 1. The van der Waals surface area contributed by atoms with Crippen LogP contribution in [0.2, 0.25) is 0 Å². The molecule has 0 aliphatic rings. The van der Waals surface area contributed by atoms with Crippen LogP contribution < -0.4 is 10.1 Å². The van der Waals surface area contributed by atoms with Crippen LogP contribution in [-0.4, -0.2) is 26.7 Å². The van der Waals surface area contributed by atoms with Crippen molar-refractivity contribution in [2.75, 3.05) is 12.4 Å². The molecule has 0 fully saturated rings. The predicted octanol–water partition coefficient (Wildman–Crippen LogP) is 4.66. The molecule has 0 spiro atoms. The fourth-order valence-corrected chi connectivity index (χ4v) is 3.60. The number of hydrogen-bond acceptors (Lipinski definition) is 6. The number of pyridine rings is 2. The normalized spacial score (nSPS) is 11.4. The van der Waals surface area contributed by atoms with E-state index in [2.05, 4.69) is 26.6 Å². The van der Waals surface area contributed by atoms with Crippen molar-refractivity contribution in [1.82, 2.24) is 19.6 Å². The van der Waals surface area contributed by atoms with Crippen LogP contribution in [0, 0.1) is 24.1 Å². The number of halogens is 1. The van der Waals surface area contributed by atoms with Crippen molar-refractivity contribution in [3.8, 4) is 22.9 Å². The largest absolute Gasteiger partial charge is 0.496 e. The van der Waals surface area contributed by atoms with E-state index in [-0.39, 0.29) is 12.4 Å². The zero-order valence-electron chi connectivity index (χ0n) is 18.3. The molecule has 0 aliphatic carbocycles. The van der Waals surface area contributed by atoms with E-state index in [9.17, 15) is 9.65 Å². The summed E-state index contributed by atoms with van der Waals surface area (Å²) in [6.45, 7) is 5.84. The minimum absolute atomic E-state index is 0.237. The summed E-state index contributed by atoms with van der Waals surface area (Å²) in [6.07, 6.45) is 1.61. The summed E-state index contributed by atoms with van der Waals surface area (Å²) in [5, 5.41) is 21.0. The molecule has 0 aliphatic heterocycles. The van der Waals surface area contributed by atoms with Gasteiger partial charge in [0.05, 0.1) is 24.3 Å². The van der Waals surface area contributed by atoms with Gasteiger partial charge in [0.15, 0.2) is 5.65 Å². The summed E-state index contributed by atoms with van der Waals surface area (Å²) in [4.78, 5) is 4.66. The van der Waals surface area contributed by atoms with Crippen LogP contribution >= 0.6 is 0 Å². The smallest absolute Gasteiger partial charge is 0.170 e. The standard InChI is InChI=1S/C24H23FN6O/c1-15-16(8-10-21(29-15)24(2,3)13-26)17-9-11-22(31-14-28-30-23(17)31)27-12-18-19(25)6-5-7-20(18)32-4/h5-11,14,27H,12H2,1-4H3. The van der Waals surface area contributed by atoms with E-state index in [1.807, 2.05) is 49.4 Å². The van der Waals surface area contributed by atoms with E-state index >= 15 is 0 Å². The van der Waals surface area contributed by atoms with Crippen LogP contribution in [0.3, 0.4) is 0 Å². The van der Waals surface area contributed by atoms with Gasteiger partial charge in [0.25, 0.3) is 0 Å². The van der Waals surface area contributed by atoms with E-state index in [4.69, 9.17) is 4.74 Å². The summed E-state index contributed by atoms with van der Waals surface area (Å²) in [6, 6.07) is 14.7. The van der Waals surface area contributed by atoms with E-state index in [1.165, 1.54) is 13.2 Å². The van der Waals surface area contributed by atoms with Crippen LogP contribution in [0.1, 0.15) is 30.8 Å². The van der Waals surface area contributed by atoms with Crippen molar-refractivity contribution >= 4 is 11.5 Å². The van der Waals surface area contributed by atoms with E-state index in [0.717, 1.165) is 22.5 Å². The second-order valence-corrected chi connectivity index (χ2v) is 8.00. The highest BCUT2D eigenvalue weighted by atomic mass is 19.1. The molecule has 0 saturated heterocycles. The van der Waals surface area contributed by atoms with Gasteiger partial charge >= 0.3 is 0 Å². The van der Waals surface area contributed by atoms with Crippen molar-refractivity contribution < 1.29 is 9.13 Å². The average molecular weight is 430 g/mol. The van der Waals surface area contributed by atoms with Gasteiger partial charge in [-0.2, -0.15) is 5.26 Å². The first-order chi connectivity index (χ1) is 15.4. The van der Waals surface area contributed by atoms with Gasteiger partial charge < -0.3 is 10.1 Å². The highest BCUT2D eigenvalue weighted by Crippen LogP contribution is 2.31. The van der Waals surface area contributed by atoms with Gasteiger partial charge in [-0.25, -0.2) is 4.39 Å². The predicted molar refractivity (Wildman–Crippen MR) is 120 cm³/mol. The quantitative estimate of drug-likeness (QED) is 0.479. The summed E-state index contributed by atoms with van der Waals surface area (Å²) >= 11 is 0. The van der Waals surface area contributed by atoms with Crippen LogP contribution in [-0.2, 0) is 12.0 Å². The molecule has 7 nitrogen and oxygen atoms in total. The van der Waals surface area contributed by atoms with Crippen LogP contribution in [0.5, 0.6) is 5.75 Å². The number of hydrogen-bond donors (Lipinski definition) is 1. The Labute approximate surface area is 185 Å². The molecule has 4 aromatic rings. The lowest BCUT2D eigenvalue weighted by atomic mass is 9.90. The molecule has 162 valence electrons. The third-order valence-electron chi connectivity index (χ3n) is 5.49. The van der Waals surface area contributed by atoms with Crippen LogP contribution in [0.15, 0.2) is 48.8 Å². The maximum atomic E-state index is 14.3. The maximum Gasteiger partial charge on any atom is 0.170 e. The third-order valence-corrected chi connectivity index (χ3v) is 5.49. The highest BCUT2D eigenvalue weighted by Gasteiger charge is 2.23. The Bertz CT molecular complexity index is 1340. The number of ether oxygens (including phenoxy) is 1. The number of anilines is 1. The third kappa shape index (κ3) is 3.73. The molecule has 32 heavy (non-hydrogen) atoms. The van der Waals surface area contributed by atoms with Gasteiger partial charge in [-0.05, 0) is 51.1 Å². The lowest BCUT2D eigenvalue weighted by Crippen LogP contribution is -2.16. The molecular formula is C24H23FN6O. The Hall–Kier alpha value is -3.99. The number of rotatable bonds is 6. The van der Waals surface area contributed by atoms with Gasteiger partial charge in [0, 0.05) is 28.9 Å². The molecular weight excluding hydrogens is 407 g/mol. The van der Waals surface area contributed by atoms with E-state index < -0.39 is 5.41 Å². The molecule has 3 aromatic heterocycles. The monoisotopic (exact) mass is 430 g/mol. The number of methoxy groups -OCH3 is 1. The molecule has 0 unspecified atom stereocenters. The number of nitrogens with one attached hydrogen (secondary N) is 1. The van der Waals surface area contributed by atoms with Gasteiger partial charge in [-0.1, -0.05) is 12.1 Å². The minimum atomic E-state index is -0.672. The Morgan fingerprint density at radius 2 is 1.94 bits per heavy atom. The van der Waals surface area contributed by atoms with Crippen molar-refractivity contribution in [2.24, 2.45) is 0 Å². The lowest BCUT2D eigenvalue weighted by molar-refractivity contribution is 0.405. The Kier molecular flexibility index (Phi) is 5.49. The van der Waals surface area contributed by atoms with E-state index in [1.54, 1.807) is 18.5 Å². The summed E-state index contributed by atoms with van der Waals surface area (Å²) in [5.74, 6) is 0.860. The molecule has 0 atom stereocenters. The number of aryl methyl sites for hydroxylation is 1. The van der Waals surface area contributed by atoms with Gasteiger partial charge in [-0.15, -0.1) is 10.2 Å². The fourth-order valence-electron chi connectivity index (χ4n) is 3.60. The molecule has 1 aromatic carbocycles. The first kappa shape index (κ1) is 21.2. The Balaban J connectivity index is 1.69. The van der Waals surface area contributed by atoms with Crippen molar-refractivity contribution in [3.05, 3.63) is 71.6 Å². The van der Waals surface area contributed by atoms with Crippen molar-refractivity contribution in [3.63, 3.8) is 0 Å². The Morgan fingerprint density at radius 3 is 2.66 bits per heavy atom. The molecule has 1 N–H and O–H groups in total. The van der Waals surface area contributed by atoms with Gasteiger partial charge in [0.1, 0.15) is 23.7 Å². The summed E-state index contributed by atoms with van der Waals surface area (Å²) in [7, 11) is 1.52. The molecule has 0 radical (unpaired) electrons. The summed E-state index contributed by atoms with van der Waals surface area (Å²) < 4.78 is 21.4. The first-order valence-electron chi connectivity index (χ1n) is 10.1. The summed E-state index contributed by atoms with van der Waals surface area (Å²) in [5.41, 5.74) is 3.70. The lowest BCUT2D eigenvalue weighted by Gasteiger charge is -2.17. The number of nitrogens with zero attached hydrogens (tertiary/aromatic N) is 5. The zero-order valence-corrected chi connectivity index (χ0v) is 18.3. The average Bonchev–Trinajstić information content (AvgIpc) is 3.28. The molecule has 8 heteroatoms. The van der Waals surface area contributed by atoms with Gasteiger partial charge in [0.2, 0.25) is 0 Å². The van der Waals surface area contributed by atoms with Gasteiger partial charge in [-0.3, -0.25) is 9.38 Å². The first-order valence-corrected chi connectivity index (χ1v) is 10.1. The minimum Gasteiger partial charge on any atom is -0.496 e. The zero-order chi connectivity index (χ0) is 22.9.